The van der Waals surface area contributed by atoms with Crippen LogP contribution in [0.15, 0.2) is 77.7 Å². The van der Waals surface area contributed by atoms with E-state index in [1.165, 1.54) is 24.1 Å². The first kappa shape index (κ1) is 31.0. The maximum atomic E-state index is 14.0. The minimum absolute atomic E-state index is 0.0432. The SMILES string of the molecule is COc1ccc(N(CC(=O)N(Cc2cccc(Cl)c2)C(C)C(=O)NC(C)(C)C)S(=O)(=O)c2ccc(C)cc2)cc1. The van der Waals surface area contributed by atoms with E-state index in [0.717, 1.165) is 9.87 Å². The summed E-state index contributed by atoms with van der Waals surface area (Å²) in [5, 5.41) is 3.39. The number of carbonyl (C=O) groups is 2. The Balaban J connectivity index is 2.04. The number of nitrogens with one attached hydrogen (secondary N) is 1. The van der Waals surface area contributed by atoms with Gasteiger partial charge in [0, 0.05) is 17.1 Å². The highest BCUT2D eigenvalue weighted by atomic mass is 35.5. The van der Waals surface area contributed by atoms with Crippen molar-refractivity contribution in [2.24, 2.45) is 0 Å². The predicted octanol–water partition coefficient (Wildman–Crippen LogP) is 5.18. The molecule has 214 valence electrons. The maximum Gasteiger partial charge on any atom is 0.264 e. The fourth-order valence-corrected chi connectivity index (χ4v) is 5.63. The number of amides is 2. The fourth-order valence-electron chi connectivity index (χ4n) is 4.00. The Hall–Kier alpha value is -3.56. The summed E-state index contributed by atoms with van der Waals surface area (Å²) in [6.07, 6.45) is 0. The topological polar surface area (TPSA) is 96.0 Å². The molecule has 0 radical (unpaired) electrons. The van der Waals surface area contributed by atoms with E-state index in [-0.39, 0.29) is 23.0 Å². The van der Waals surface area contributed by atoms with Crippen LogP contribution in [0.2, 0.25) is 5.02 Å². The van der Waals surface area contributed by atoms with Crippen molar-refractivity contribution in [1.82, 2.24) is 10.2 Å². The number of carbonyl (C=O) groups excluding carboxylic acids is 2. The monoisotopic (exact) mass is 585 g/mol. The Morgan fingerprint density at radius 1 is 1.00 bits per heavy atom. The molecule has 0 spiro atoms. The summed E-state index contributed by atoms with van der Waals surface area (Å²) < 4.78 is 34.0. The third-order valence-corrected chi connectivity index (χ3v) is 8.18. The molecule has 1 unspecified atom stereocenters. The lowest BCUT2D eigenvalue weighted by molar-refractivity contribution is -0.140. The zero-order valence-corrected chi connectivity index (χ0v) is 25.2. The third kappa shape index (κ3) is 7.99. The van der Waals surface area contributed by atoms with Gasteiger partial charge < -0.3 is 15.0 Å². The Bertz CT molecular complexity index is 1440. The zero-order chi connectivity index (χ0) is 29.7. The van der Waals surface area contributed by atoms with E-state index in [4.69, 9.17) is 16.3 Å². The number of rotatable bonds is 10. The van der Waals surface area contributed by atoms with Gasteiger partial charge in [0.05, 0.1) is 17.7 Å². The van der Waals surface area contributed by atoms with Gasteiger partial charge in [0.15, 0.2) is 0 Å². The maximum absolute atomic E-state index is 14.0. The van der Waals surface area contributed by atoms with E-state index in [2.05, 4.69) is 5.32 Å². The van der Waals surface area contributed by atoms with Gasteiger partial charge >= 0.3 is 0 Å². The van der Waals surface area contributed by atoms with Gasteiger partial charge in [0.2, 0.25) is 11.8 Å². The molecule has 3 aromatic rings. The number of nitrogens with zero attached hydrogens (tertiary/aromatic N) is 2. The second kappa shape index (κ2) is 12.7. The molecular weight excluding hydrogens is 550 g/mol. The van der Waals surface area contributed by atoms with Gasteiger partial charge in [-0.1, -0.05) is 41.4 Å². The number of aryl methyl sites for hydroxylation is 1. The Morgan fingerprint density at radius 2 is 1.62 bits per heavy atom. The number of halogens is 1. The molecule has 0 aliphatic rings. The molecule has 0 aliphatic heterocycles. The summed E-state index contributed by atoms with van der Waals surface area (Å²) in [4.78, 5) is 28.5. The molecule has 2 amide bonds. The molecule has 0 heterocycles. The quantitative estimate of drug-likeness (QED) is 0.353. The lowest BCUT2D eigenvalue weighted by Gasteiger charge is -2.33. The Labute approximate surface area is 241 Å². The summed E-state index contributed by atoms with van der Waals surface area (Å²) in [6, 6.07) is 18.9. The number of benzene rings is 3. The van der Waals surface area contributed by atoms with E-state index in [9.17, 15) is 18.0 Å². The molecule has 0 aliphatic carbocycles. The fraction of sp³-hybridized carbons (Fsp3) is 0.333. The van der Waals surface area contributed by atoms with Crippen LogP contribution in [0.3, 0.4) is 0 Å². The van der Waals surface area contributed by atoms with Crippen molar-refractivity contribution in [1.29, 1.82) is 0 Å². The number of hydrogen-bond acceptors (Lipinski definition) is 5. The van der Waals surface area contributed by atoms with Crippen LogP contribution in [0, 0.1) is 6.92 Å². The molecule has 3 aromatic carbocycles. The van der Waals surface area contributed by atoms with Gasteiger partial charge in [-0.15, -0.1) is 0 Å². The number of hydrogen-bond donors (Lipinski definition) is 1. The first-order chi connectivity index (χ1) is 18.7. The van der Waals surface area contributed by atoms with Gasteiger partial charge in [0.25, 0.3) is 10.0 Å². The second-order valence-corrected chi connectivity index (χ2v) is 12.9. The molecule has 8 nitrogen and oxygen atoms in total. The molecule has 1 N–H and O–H groups in total. The number of sulfonamides is 1. The molecule has 0 saturated carbocycles. The van der Waals surface area contributed by atoms with Gasteiger partial charge in [0.1, 0.15) is 18.3 Å². The van der Waals surface area contributed by atoms with E-state index in [0.29, 0.717) is 16.3 Å². The third-order valence-electron chi connectivity index (χ3n) is 6.16. The van der Waals surface area contributed by atoms with Crippen molar-refractivity contribution in [2.45, 2.75) is 57.6 Å². The summed E-state index contributed by atoms with van der Waals surface area (Å²) in [7, 11) is -2.64. The largest absolute Gasteiger partial charge is 0.497 e. The molecule has 3 rings (SSSR count). The molecule has 10 heteroatoms. The van der Waals surface area contributed by atoms with Gasteiger partial charge in [-0.05, 0) is 88.7 Å². The van der Waals surface area contributed by atoms with Crippen molar-refractivity contribution in [3.8, 4) is 5.75 Å². The molecule has 0 bridgehead atoms. The summed E-state index contributed by atoms with van der Waals surface area (Å²) >= 11 is 6.18. The molecule has 0 fully saturated rings. The lowest BCUT2D eigenvalue weighted by atomic mass is 10.1. The normalized spacial score (nSPS) is 12.4. The summed E-state index contributed by atoms with van der Waals surface area (Å²) in [6.45, 7) is 8.55. The molecule has 0 aromatic heterocycles. The summed E-state index contributed by atoms with van der Waals surface area (Å²) in [5.74, 6) is -0.374. The molecule has 40 heavy (non-hydrogen) atoms. The van der Waals surface area contributed by atoms with Crippen LogP contribution in [-0.2, 0) is 26.2 Å². The van der Waals surface area contributed by atoms with E-state index in [1.807, 2.05) is 27.7 Å². The van der Waals surface area contributed by atoms with E-state index < -0.39 is 34.1 Å². The van der Waals surface area contributed by atoms with Crippen molar-refractivity contribution < 1.29 is 22.7 Å². The highest BCUT2D eigenvalue weighted by Gasteiger charge is 2.33. The minimum Gasteiger partial charge on any atom is -0.497 e. The van der Waals surface area contributed by atoms with Crippen LogP contribution in [0.5, 0.6) is 5.75 Å². The van der Waals surface area contributed by atoms with Crippen molar-refractivity contribution in [2.75, 3.05) is 18.0 Å². The predicted molar refractivity (Wildman–Crippen MR) is 158 cm³/mol. The van der Waals surface area contributed by atoms with Gasteiger partial charge in [-0.25, -0.2) is 8.42 Å². The van der Waals surface area contributed by atoms with Crippen LogP contribution in [0.1, 0.15) is 38.8 Å². The van der Waals surface area contributed by atoms with Crippen LogP contribution < -0.4 is 14.4 Å². The Morgan fingerprint density at radius 3 is 2.17 bits per heavy atom. The average Bonchev–Trinajstić information content (AvgIpc) is 2.89. The second-order valence-electron chi connectivity index (χ2n) is 10.6. The molecular formula is C30H36ClN3O5S. The Kier molecular flexibility index (Phi) is 9.87. The first-order valence-corrected chi connectivity index (χ1v) is 14.6. The van der Waals surface area contributed by atoms with Crippen LogP contribution in [0.25, 0.3) is 0 Å². The minimum atomic E-state index is -4.15. The van der Waals surface area contributed by atoms with Crippen molar-refractivity contribution in [3.05, 3.63) is 88.9 Å². The first-order valence-electron chi connectivity index (χ1n) is 12.8. The van der Waals surface area contributed by atoms with E-state index >= 15 is 0 Å². The number of anilines is 1. The van der Waals surface area contributed by atoms with E-state index in [1.54, 1.807) is 67.6 Å². The van der Waals surface area contributed by atoms with Crippen LogP contribution in [-0.4, -0.2) is 50.4 Å². The standard InChI is InChI=1S/C30H36ClN3O5S/c1-21-10-16-27(17-11-21)40(37,38)34(25-12-14-26(39-6)15-13-25)20-28(35)33(19-23-8-7-9-24(31)18-23)22(2)29(36)32-30(3,4)5/h7-18,22H,19-20H2,1-6H3,(H,32,36). The lowest BCUT2D eigenvalue weighted by Crippen LogP contribution is -2.54. The molecule has 1 atom stereocenters. The van der Waals surface area contributed by atoms with Crippen LogP contribution >= 0.6 is 11.6 Å². The van der Waals surface area contributed by atoms with Crippen molar-refractivity contribution in [3.63, 3.8) is 0 Å². The number of ether oxygens (including phenoxy) is 1. The van der Waals surface area contributed by atoms with Gasteiger partial charge in [-0.3, -0.25) is 13.9 Å². The van der Waals surface area contributed by atoms with Crippen molar-refractivity contribution >= 4 is 39.1 Å². The smallest absolute Gasteiger partial charge is 0.264 e. The molecule has 0 saturated heterocycles. The highest BCUT2D eigenvalue weighted by Crippen LogP contribution is 2.27. The average molecular weight is 586 g/mol. The highest BCUT2D eigenvalue weighted by molar-refractivity contribution is 7.92. The van der Waals surface area contributed by atoms with Gasteiger partial charge in [-0.2, -0.15) is 0 Å². The van der Waals surface area contributed by atoms with Crippen LogP contribution in [0.4, 0.5) is 5.69 Å². The number of methoxy groups -OCH3 is 1. The summed E-state index contributed by atoms with van der Waals surface area (Å²) in [5.41, 5.74) is 1.36. The zero-order valence-electron chi connectivity index (χ0n) is 23.6.